The molecule has 1 aliphatic rings. The summed E-state index contributed by atoms with van der Waals surface area (Å²) in [4.78, 5) is 2.64. The monoisotopic (exact) mass is 198 g/mol. The Balaban J connectivity index is 1.98. The third-order valence-electron chi connectivity index (χ3n) is 3.44. The van der Waals surface area contributed by atoms with E-state index >= 15 is 0 Å². The van der Waals surface area contributed by atoms with Gasteiger partial charge in [-0.3, -0.25) is 0 Å². The minimum Gasteiger partial charge on any atom is -0.320 e. The first-order valence-electron chi connectivity index (χ1n) is 6.23. The summed E-state index contributed by atoms with van der Waals surface area (Å²) in [5.41, 5.74) is 0. The van der Waals surface area contributed by atoms with E-state index in [4.69, 9.17) is 0 Å². The third-order valence-corrected chi connectivity index (χ3v) is 3.44. The molecule has 0 aromatic rings. The fourth-order valence-corrected chi connectivity index (χ4v) is 2.26. The van der Waals surface area contributed by atoms with Crippen molar-refractivity contribution < 1.29 is 0 Å². The summed E-state index contributed by atoms with van der Waals surface area (Å²) in [5.74, 6) is 1.02. The summed E-state index contributed by atoms with van der Waals surface area (Å²) < 4.78 is 0. The van der Waals surface area contributed by atoms with Crippen LogP contribution in [0.2, 0.25) is 0 Å². The van der Waals surface area contributed by atoms with E-state index in [1.54, 1.807) is 0 Å². The number of piperidine rings is 1. The van der Waals surface area contributed by atoms with Crippen LogP contribution in [0.4, 0.5) is 0 Å². The standard InChI is InChI=1S/C12H26N2/c1-3-12-6-10-14(11-7-12)9-5-4-8-13-2/h12-13H,3-11H2,1-2H3. The third kappa shape index (κ3) is 4.43. The molecule has 0 saturated carbocycles. The second kappa shape index (κ2) is 7.24. The largest absolute Gasteiger partial charge is 0.320 e. The Morgan fingerprint density at radius 3 is 2.50 bits per heavy atom. The molecule has 1 rings (SSSR count). The van der Waals surface area contributed by atoms with Gasteiger partial charge in [-0.05, 0) is 64.8 Å². The van der Waals surface area contributed by atoms with Gasteiger partial charge >= 0.3 is 0 Å². The lowest BCUT2D eigenvalue weighted by atomic mass is 9.94. The van der Waals surface area contributed by atoms with Crippen LogP contribution in [0.25, 0.3) is 0 Å². The van der Waals surface area contributed by atoms with Gasteiger partial charge in [-0.1, -0.05) is 13.3 Å². The van der Waals surface area contributed by atoms with Gasteiger partial charge in [0.05, 0.1) is 0 Å². The number of likely N-dealkylation sites (tertiary alicyclic amines) is 1. The van der Waals surface area contributed by atoms with E-state index in [1.165, 1.54) is 58.3 Å². The molecule has 1 saturated heterocycles. The van der Waals surface area contributed by atoms with Gasteiger partial charge in [0.25, 0.3) is 0 Å². The molecule has 1 heterocycles. The molecule has 0 aromatic carbocycles. The highest BCUT2D eigenvalue weighted by atomic mass is 15.1. The topological polar surface area (TPSA) is 15.3 Å². The number of hydrogen-bond donors (Lipinski definition) is 1. The lowest BCUT2D eigenvalue weighted by Crippen LogP contribution is -2.34. The molecule has 2 heteroatoms. The van der Waals surface area contributed by atoms with Gasteiger partial charge in [-0.25, -0.2) is 0 Å². The predicted octanol–water partition coefficient (Wildman–Crippen LogP) is 2.11. The quantitative estimate of drug-likeness (QED) is 0.658. The van der Waals surface area contributed by atoms with Crippen LogP contribution in [-0.2, 0) is 0 Å². The van der Waals surface area contributed by atoms with Crippen molar-refractivity contribution in [2.75, 3.05) is 33.2 Å². The molecule has 0 spiro atoms. The first-order chi connectivity index (χ1) is 6.86. The number of rotatable bonds is 6. The Hall–Kier alpha value is -0.0800. The van der Waals surface area contributed by atoms with E-state index in [1.807, 2.05) is 7.05 Å². The molecule has 1 N–H and O–H groups in total. The molecule has 0 bridgehead atoms. The van der Waals surface area contributed by atoms with Crippen molar-refractivity contribution in [2.45, 2.75) is 39.0 Å². The van der Waals surface area contributed by atoms with Gasteiger partial charge in [0.15, 0.2) is 0 Å². The summed E-state index contributed by atoms with van der Waals surface area (Å²) in [5, 5.41) is 3.20. The zero-order valence-electron chi connectivity index (χ0n) is 9.89. The molecule has 0 unspecified atom stereocenters. The maximum Gasteiger partial charge on any atom is -0.00161 e. The van der Waals surface area contributed by atoms with E-state index < -0.39 is 0 Å². The van der Waals surface area contributed by atoms with E-state index in [0.29, 0.717) is 0 Å². The minimum atomic E-state index is 1.02. The maximum atomic E-state index is 3.20. The zero-order valence-corrected chi connectivity index (χ0v) is 9.89. The number of nitrogens with zero attached hydrogens (tertiary/aromatic N) is 1. The average molecular weight is 198 g/mol. The second-order valence-corrected chi connectivity index (χ2v) is 4.50. The molecule has 2 nitrogen and oxygen atoms in total. The summed E-state index contributed by atoms with van der Waals surface area (Å²) >= 11 is 0. The van der Waals surface area contributed by atoms with Gasteiger partial charge < -0.3 is 10.2 Å². The van der Waals surface area contributed by atoms with Crippen molar-refractivity contribution in [2.24, 2.45) is 5.92 Å². The summed E-state index contributed by atoms with van der Waals surface area (Å²) in [7, 11) is 2.03. The van der Waals surface area contributed by atoms with Crippen LogP contribution in [0, 0.1) is 5.92 Å². The second-order valence-electron chi connectivity index (χ2n) is 4.50. The number of nitrogens with one attached hydrogen (secondary N) is 1. The van der Waals surface area contributed by atoms with Crippen molar-refractivity contribution in [3.05, 3.63) is 0 Å². The SMILES string of the molecule is CCC1CCN(CCCCNC)CC1. The molecular weight excluding hydrogens is 172 g/mol. The molecule has 0 amide bonds. The molecule has 1 aliphatic heterocycles. The van der Waals surface area contributed by atoms with E-state index in [9.17, 15) is 0 Å². The van der Waals surface area contributed by atoms with Crippen molar-refractivity contribution >= 4 is 0 Å². The van der Waals surface area contributed by atoms with Gasteiger partial charge in [0.2, 0.25) is 0 Å². The molecule has 0 radical (unpaired) electrons. The van der Waals surface area contributed by atoms with Crippen LogP contribution >= 0.6 is 0 Å². The van der Waals surface area contributed by atoms with Crippen molar-refractivity contribution in [3.8, 4) is 0 Å². The van der Waals surface area contributed by atoms with Crippen LogP contribution in [-0.4, -0.2) is 38.1 Å². The molecule has 14 heavy (non-hydrogen) atoms. The van der Waals surface area contributed by atoms with E-state index in [-0.39, 0.29) is 0 Å². The van der Waals surface area contributed by atoms with Crippen molar-refractivity contribution in [1.29, 1.82) is 0 Å². The molecule has 84 valence electrons. The molecular formula is C12H26N2. The summed E-state index contributed by atoms with van der Waals surface area (Å²) in [6.45, 7) is 7.51. The molecule has 0 atom stereocenters. The van der Waals surface area contributed by atoms with E-state index in [2.05, 4.69) is 17.1 Å². The fourth-order valence-electron chi connectivity index (χ4n) is 2.26. The lowest BCUT2D eigenvalue weighted by Gasteiger charge is -2.31. The van der Waals surface area contributed by atoms with Gasteiger partial charge in [0.1, 0.15) is 0 Å². The molecule has 0 aromatic heterocycles. The van der Waals surface area contributed by atoms with Gasteiger partial charge in [0, 0.05) is 0 Å². The summed E-state index contributed by atoms with van der Waals surface area (Å²) in [6, 6.07) is 0. The Labute approximate surface area is 89.1 Å². The van der Waals surface area contributed by atoms with Gasteiger partial charge in [-0.2, -0.15) is 0 Å². The highest BCUT2D eigenvalue weighted by Gasteiger charge is 2.16. The average Bonchev–Trinajstić information content (AvgIpc) is 2.25. The first-order valence-corrected chi connectivity index (χ1v) is 6.23. The van der Waals surface area contributed by atoms with Crippen LogP contribution < -0.4 is 5.32 Å². The van der Waals surface area contributed by atoms with E-state index in [0.717, 1.165) is 5.92 Å². The van der Waals surface area contributed by atoms with Crippen LogP contribution in [0.5, 0.6) is 0 Å². The fraction of sp³-hybridized carbons (Fsp3) is 1.00. The number of hydrogen-bond acceptors (Lipinski definition) is 2. The Bertz CT molecular complexity index is 128. The smallest absolute Gasteiger partial charge is 0.00161 e. The van der Waals surface area contributed by atoms with Crippen LogP contribution in [0.1, 0.15) is 39.0 Å². The van der Waals surface area contributed by atoms with Crippen LogP contribution in [0.3, 0.4) is 0 Å². The normalized spacial score (nSPS) is 20.1. The zero-order chi connectivity index (χ0) is 10.2. The van der Waals surface area contributed by atoms with Gasteiger partial charge in [-0.15, -0.1) is 0 Å². The predicted molar refractivity (Wildman–Crippen MR) is 62.6 cm³/mol. The maximum absolute atomic E-state index is 3.20. The highest BCUT2D eigenvalue weighted by molar-refractivity contribution is 4.71. The van der Waals surface area contributed by atoms with Crippen LogP contribution in [0.15, 0.2) is 0 Å². The Kier molecular flexibility index (Phi) is 6.20. The van der Waals surface area contributed by atoms with Crippen molar-refractivity contribution in [3.63, 3.8) is 0 Å². The van der Waals surface area contributed by atoms with Crippen molar-refractivity contribution in [1.82, 2.24) is 10.2 Å². The molecule has 1 fully saturated rings. The lowest BCUT2D eigenvalue weighted by molar-refractivity contribution is 0.179. The molecule has 0 aliphatic carbocycles. The Morgan fingerprint density at radius 1 is 1.21 bits per heavy atom. The Morgan fingerprint density at radius 2 is 1.93 bits per heavy atom. The first kappa shape index (κ1) is 12.0. The minimum absolute atomic E-state index is 1.02. The summed E-state index contributed by atoms with van der Waals surface area (Å²) in [6.07, 6.45) is 6.93. The highest BCUT2D eigenvalue weighted by Crippen LogP contribution is 2.19. The number of unbranched alkanes of at least 4 members (excludes halogenated alkanes) is 1.